The molecule has 0 amide bonds. The summed E-state index contributed by atoms with van der Waals surface area (Å²) in [6.07, 6.45) is -4.32. The van der Waals surface area contributed by atoms with Crippen molar-refractivity contribution >= 4 is 11.5 Å². The number of halogens is 4. The van der Waals surface area contributed by atoms with Crippen molar-refractivity contribution in [2.24, 2.45) is 4.99 Å². The van der Waals surface area contributed by atoms with E-state index in [-0.39, 0.29) is 24.2 Å². The van der Waals surface area contributed by atoms with E-state index in [1.165, 1.54) is 36.4 Å². The molecule has 1 aliphatic rings. The van der Waals surface area contributed by atoms with Crippen LogP contribution < -0.4 is 4.74 Å². The summed E-state index contributed by atoms with van der Waals surface area (Å²) in [6.45, 7) is 0.395. The summed E-state index contributed by atoms with van der Waals surface area (Å²) < 4.78 is 55.1. The van der Waals surface area contributed by atoms with Gasteiger partial charge in [0, 0.05) is 24.3 Å². The Hall–Kier alpha value is -3.39. The number of nitrogens with zero attached hydrogens (tertiary/aromatic N) is 2. The average Bonchev–Trinajstić information content (AvgIpc) is 2.77. The third-order valence-corrected chi connectivity index (χ3v) is 5.13. The van der Waals surface area contributed by atoms with Crippen LogP contribution in [0.2, 0.25) is 0 Å². The van der Waals surface area contributed by atoms with Gasteiger partial charge in [-0.05, 0) is 54.4 Å². The molecule has 0 aromatic heterocycles. The van der Waals surface area contributed by atoms with Crippen LogP contribution >= 0.6 is 0 Å². The van der Waals surface area contributed by atoms with Crippen LogP contribution in [0, 0.1) is 5.82 Å². The second kappa shape index (κ2) is 9.00. The molecule has 3 aromatic carbocycles. The molecule has 1 N–H and O–H groups in total. The Balaban J connectivity index is 1.79. The van der Waals surface area contributed by atoms with Gasteiger partial charge in [0.1, 0.15) is 17.4 Å². The summed E-state index contributed by atoms with van der Waals surface area (Å²) in [4.78, 5) is 6.75. The fourth-order valence-corrected chi connectivity index (χ4v) is 3.81. The molecule has 8 heteroatoms. The first-order chi connectivity index (χ1) is 15.4. The minimum Gasteiger partial charge on any atom is -0.406 e. The predicted octanol–water partition coefficient (Wildman–Crippen LogP) is 5.59. The van der Waals surface area contributed by atoms with Crippen LogP contribution in [0.3, 0.4) is 0 Å². The quantitative estimate of drug-likeness (QED) is 0.504. The lowest BCUT2D eigenvalue weighted by molar-refractivity contribution is -0.274. The number of benzene rings is 3. The zero-order valence-corrected chi connectivity index (χ0v) is 16.9. The Bertz CT molecular complexity index is 1100. The van der Waals surface area contributed by atoms with Gasteiger partial charge >= 0.3 is 6.36 Å². The van der Waals surface area contributed by atoms with E-state index in [1.54, 1.807) is 12.1 Å². The molecule has 166 valence electrons. The molecule has 1 heterocycles. The van der Waals surface area contributed by atoms with Crippen molar-refractivity contribution in [3.8, 4) is 5.75 Å². The maximum absolute atomic E-state index is 13.6. The molecule has 1 atom stereocenters. The number of ether oxygens (including phenoxy) is 1. The lowest BCUT2D eigenvalue weighted by Crippen LogP contribution is -2.39. The number of aliphatic imine (C=N–C) groups is 1. The first-order valence-corrected chi connectivity index (χ1v) is 10.0. The molecular weight excluding hydrogens is 424 g/mol. The Kier molecular flexibility index (Phi) is 6.14. The van der Waals surface area contributed by atoms with E-state index in [4.69, 9.17) is 4.99 Å². The van der Waals surface area contributed by atoms with E-state index in [0.29, 0.717) is 30.1 Å². The van der Waals surface area contributed by atoms with Gasteiger partial charge in [-0.2, -0.15) is 0 Å². The van der Waals surface area contributed by atoms with Crippen LogP contribution in [0.1, 0.15) is 29.2 Å². The number of amidine groups is 1. The zero-order chi connectivity index (χ0) is 22.7. The van der Waals surface area contributed by atoms with Crippen LogP contribution in [0.15, 0.2) is 77.8 Å². The highest BCUT2D eigenvalue weighted by atomic mass is 19.4. The number of alkyl halides is 3. The standard InChI is InChI=1S/C24H20F4N2O2/c25-18-10-6-16(7-11-18)22-20-4-1-2-5-21(20)29-23(30(22)14-3-15-31)17-8-12-19(13-9-17)32-24(26,27)28/h1-2,4-13,22,31H,3,14-15H2. The van der Waals surface area contributed by atoms with Crippen molar-refractivity contribution < 1.29 is 27.4 Å². The summed E-state index contributed by atoms with van der Waals surface area (Å²) >= 11 is 0. The van der Waals surface area contributed by atoms with E-state index in [0.717, 1.165) is 11.1 Å². The minimum atomic E-state index is -4.77. The molecule has 0 radical (unpaired) electrons. The number of rotatable bonds is 6. The number of aliphatic hydroxyl groups excluding tert-OH is 1. The highest BCUT2D eigenvalue weighted by Crippen LogP contribution is 2.40. The Morgan fingerprint density at radius 2 is 1.62 bits per heavy atom. The molecule has 0 saturated carbocycles. The molecule has 1 unspecified atom stereocenters. The Morgan fingerprint density at radius 1 is 0.938 bits per heavy atom. The largest absolute Gasteiger partial charge is 0.573 e. The van der Waals surface area contributed by atoms with Crippen LogP contribution in [0.5, 0.6) is 5.75 Å². The molecule has 0 bridgehead atoms. The monoisotopic (exact) mass is 444 g/mol. The van der Waals surface area contributed by atoms with E-state index < -0.39 is 6.36 Å². The third kappa shape index (κ3) is 4.75. The maximum Gasteiger partial charge on any atom is 0.573 e. The minimum absolute atomic E-state index is 0.0417. The van der Waals surface area contributed by atoms with Crippen molar-refractivity contribution in [1.29, 1.82) is 0 Å². The van der Waals surface area contributed by atoms with Crippen molar-refractivity contribution in [1.82, 2.24) is 4.90 Å². The molecular formula is C24H20F4N2O2. The molecule has 0 fully saturated rings. The maximum atomic E-state index is 13.6. The van der Waals surface area contributed by atoms with Crippen molar-refractivity contribution in [2.75, 3.05) is 13.2 Å². The first-order valence-electron chi connectivity index (χ1n) is 10.0. The van der Waals surface area contributed by atoms with Crippen molar-refractivity contribution in [3.05, 3.63) is 95.3 Å². The van der Waals surface area contributed by atoms with E-state index in [1.807, 2.05) is 29.2 Å². The van der Waals surface area contributed by atoms with Gasteiger partial charge in [0.05, 0.1) is 11.7 Å². The lowest BCUT2D eigenvalue weighted by Gasteiger charge is -2.39. The molecule has 0 saturated heterocycles. The number of para-hydroxylation sites is 1. The summed E-state index contributed by atoms with van der Waals surface area (Å²) in [7, 11) is 0. The molecule has 3 aromatic rings. The predicted molar refractivity (Wildman–Crippen MR) is 112 cm³/mol. The number of hydrogen-bond donors (Lipinski definition) is 1. The number of fused-ring (bicyclic) bond motifs is 1. The van der Waals surface area contributed by atoms with Crippen LogP contribution in [-0.2, 0) is 0 Å². The molecule has 32 heavy (non-hydrogen) atoms. The topological polar surface area (TPSA) is 45.1 Å². The van der Waals surface area contributed by atoms with Crippen LogP contribution in [0.25, 0.3) is 0 Å². The van der Waals surface area contributed by atoms with Gasteiger partial charge in [-0.3, -0.25) is 0 Å². The smallest absolute Gasteiger partial charge is 0.406 e. The average molecular weight is 444 g/mol. The molecule has 0 spiro atoms. The Morgan fingerprint density at radius 3 is 2.28 bits per heavy atom. The Labute approximate surface area is 182 Å². The highest BCUT2D eigenvalue weighted by molar-refractivity contribution is 6.02. The van der Waals surface area contributed by atoms with Crippen LogP contribution in [-0.4, -0.2) is 35.4 Å². The van der Waals surface area contributed by atoms with Gasteiger partial charge < -0.3 is 14.7 Å². The second-order valence-corrected chi connectivity index (χ2v) is 7.29. The lowest BCUT2D eigenvalue weighted by atomic mass is 9.92. The van der Waals surface area contributed by atoms with Crippen molar-refractivity contribution in [2.45, 2.75) is 18.8 Å². The number of hydrogen-bond acceptors (Lipinski definition) is 4. The van der Waals surface area contributed by atoms with E-state index in [2.05, 4.69) is 4.74 Å². The van der Waals surface area contributed by atoms with Crippen molar-refractivity contribution in [3.63, 3.8) is 0 Å². The SMILES string of the molecule is OCCCN1C(c2ccc(OC(F)(F)F)cc2)=Nc2ccccc2C1c1ccc(F)cc1. The van der Waals surface area contributed by atoms with Crippen LogP contribution in [0.4, 0.5) is 23.2 Å². The summed E-state index contributed by atoms with van der Waals surface area (Å²) in [5, 5.41) is 9.45. The van der Waals surface area contributed by atoms with Gasteiger partial charge in [0.2, 0.25) is 0 Å². The molecule has 0 aliphatic carbocycles. The normalized spacial score (nSPS) is 15.8. The van der Waals surface area contributed by atoms with Gasteiger partial charge in [-0.1, -0.05) is 30.3 Å². The van der Waals surface area contributed by atoms with Gasteiger partial charge in [0.25, 0.3) is 0 Å². The number of aliphatic hydroxyl groups is 1. The van der Waals surface area contributed by atoms with Gasteiger partial charge in [0.15, 0.2) is 0 Å². The zero-order valence-electron chi connectivity index (χ0n) is 16.9. The first kappa shape index (κ1) is 21.8. The fourth-order valence-electron chi connectivity index (χ4n) is 3.81. The molecule has 4 nitrogen and oxygen atoms in total. The summed E-state index contributed by atoms with van der Waals surface area (Å²) in [5.74, 6) is -0.131. The van der Waals surface area contributed by atoms with E-state index >= 15 is 0 Å². The summed E-state index contributed by atoms with van der Waals surface area (Å²) in [5.41, 5.74) is 3.06. The van der Waals surface area contributed by atoms with Gasteiger partial charge in [-0.25, -0.2) is 9.38 Å². The molecule has 4 rings (SSSR count). The van der Waals surface area contributed by atoms with E-state index in [9.17, 15) is 22.7 Å². The second-order valence-electron chi connectivity index (χ2n) is 7.29. The fraction of sp³-hybridized carbons (Fsp3) is 0.208. The molecule has 1 aliphatic heterocycles. The third-order valence-electron chi connectivity index (χ3n) is 5.13. The summed E-state index contributed by atoms with van der Waals surface area (Å²) in [6, 6.07) is 18.9. The van der Waals surface area contributed by atoms with Gasteiger partial charge in [-0.15, -0.1) is 13.2 Å². The highest BCUT2D eigenvalue weighted by Gasteiger charge is 2.33.